The van der Waals surface area contributed by atoms with Crippen molar-refractivity contribution in [2.75, 3.05) is 12.4 Å². The van der Waals surface area contributed by atoms with Crippen LogP contribution in [-0.4, -0.2) is 18.0 Å². The lowest BCUT2D eigenvalue weighted by molar-refractivity contribution is -0.123. The van der Waals surface area contributed by atoms with Crippen molar-refractivity contribution in [3.8, 4) is 11.5 Å². The van der Waals surface area contributed by atoms with E-state index in [1.165, 1.54) is 0 Å². The predicted octanol–water partition coefficient (Wildman–Crippen LogP) is 2.16. The lowest BCUT2D eigenvalue weighted by Crippen LogP contribution is -2.30. The third kappa shape index (κ3) is 2.10. The van der Waals surface area contributed by atoms with Gasteiger partial charge in [-0.05, 0) is 24.3 Å². The van der Waals surface area contributed by atoms with Gasteiger partial charge in [0.25, 0.3) is 5.91 Å². The van der Waals surface area contributed by atoms with E-state index in [9.17, 15) is 4.79 Å². The number of ether oxygens (including phenoxy) is 2. The molecule has 0 spiro atoms. The Morgan fingerprint density at radius 3 is 2.79 bits per heavy atom. The summed E-state index contributed by atoms with van der Waals surface area (Å²) in [5.74, 6) is 1.54. The first kappa shape index (κ1) is 11.5. The SMILES string of the molecule is COc1ccc(C2Oc3cccnc3NC2=O)cc1. The van der Waals surface area contributed by atoms with E-state index in [2.05, 4.69) is 10.3 Å². The quantitative estimate of drug-likeness (QED) is 0.894. The third-order valence-corrected chi connectivity index (χ3v) is 2.91. The fourth-order valence-corrected chi connectivity index (χ4v) is 1.94. The number of fused-ring (bicyclic) bond motifs is 1. The Kier molecular flexibility index (Phi) is 2.79. The highest BCUT2D eigenvalue weighted by Gasteiger charge is 2.29. The molecule has 0 saturated heterocycles. The lowest BCUT2D eigenvalue weighted by atomic mass is 10.1. The van der Waals surface area contributed by atoms with Gasteiger partial charge in [-0.25, -0.2) is 4.98 Å². The average Bonchev–Trinajstić information content (AvgIpc) is 2.47. The van der Waals surface area contributed by atoms with E-state index < -0.39 is 6.10 Å². The molecule has 2 heterocycles. The van der Waals surface area contributed by atoms with Crippen LogP contribution in [-0.2, 0) is 4.79 Å². The van der Waals surface area contributed by atoms with Crippen molar-refractivity contribution in [1.82, 2.24) is 4.98 Å². The van der Waals surface area contributed by atoms with Crippen molar-refractivity contribution in [3.05, 3.63) is 48.2 Å². The van der Waals surface area contributed by atoms with E-state index in [-0.39, 0.29) is 5.91 Å². The van der Waals surface area contributed by atoms with Crippen LogP contribution >= 0.6 is 0 Å². The van der Waals surface area contributed by atoms with Gasteiger partial charge in [-0.3, -0.25) is 4.79 Å². The van der Waals surface area contributed by atoms with E-state index in [1.807, 2.05) is 12.1 Å². The first-order valence-corrected chi connectivity index (χ1v) is 5.84. The number of carbonyl (C=O) groups excluding carboxylic acids is 1. The van der Waals surface area contributed by atoms with Gasteiger partial charge in [-0.1, -0.05) is 12.1 Å². The molecular formula is C14H12N2O3. The molecule has 1 aliphatic heterocycles. The molecule has 19 heavy (non-hydrogen) atoms. The Labute approximate surface area is 110 Å². The topological polar surface area (TPSA) is 60.5 Å². The Balaban J connectivity index is 1.91. The molecular weight excluding hydrogens is 244 g/mol. The fraction of sp³-hybridized carbons (Fsp3) is 0.143. The maximum absolute atomic E-state index is 12.0. The van der Waals surface area contributed by atoms with Crippen LogP contribution in [0.5, 0.6) is 11.5 Å². The van der Waals surface area contributed by atoms with E-state index in [0.717, 1.165) is 11.3 Å². The van der Waals surface area contributed by atoms with Crippen molar-refractivity contribution in [3.63, 3.8) is 0 Å². The molecule has 96 valence electrons. The number of rotatable bonds is 2. The maximum Gasteiger partial charge on any atom is 0.271 e. The standard InChI is InChI=1S/C14H12N2O3/c1-18-10-6-4-9(5-7-10)12-14(17)16-13-11(19-12)3-2-8-15-13/h2-8,12H,1H3,(H,15,16,17). The molecule has 1 amide bonds. The Hall–Kier alpha value is -2.56. The summed E-state index contributed by atoms with van der Waals surface area (Å²) in [6, 6.07) is 10.8. The molecule has 5 heteroatoms. The number of hydrogen-bond acceptors (Lipinski definition) is 4. The maximum atomic E-state index is 12.0. The average molecular weight is 256 g/mol. The smallest absolute Gasteiger partial charge is 0.271 e. The van der Waals surface area contributed by atoms with Crippen LogP contribution in [0.3, 0.4) is 0 Å². The summed E-state index contributed by atoms with van der Waals surface area (Å²) in [6.45, 7) is 0. The Bertz CT molecular complexity index is 610. The van der Waals surface area contributed by atoms with Gasteiger partial charge in [0.05, 0.1) is 7.11 Å². The Morgan fingerprint density at radius 2 is 2.05 bits per heavy atom. The fourth-order valence-electron chi connectivity index (χ4n) is 1.94. The van der Waals surface area contributed by atoms with Gasteiger partial charge < -0.3 is 14.8 Å². The summed E-state index contributed by atoms with van der Waals surface area (Å²) in [6.07, 6.45) is 0.943. The summed E-state index contributed by atoms with van der Waals surface area (Å²) >= 11 is 0. The first-order valence-electron chi connectivity index (χ1n) is 5.84. The van der Waals surface area contributed by atoms with Gasteiger partial charge in [0, 0.05) is 11.8 Å². The van der Waals surface area contributed by atoms with Crippen molar-refractivity contribution in [2.24, 2.45) is 0 Å². The third-order valence-electron chi connectivity index (χ3n) is 2.91. The number of aromatic nitrogens is 1. The monoisotopic (exact) mass is 256 g/mol. The highest BCUT2D eigenvalue weighted by molar-refractivity contribution is 5.97. The predicted molar refractivity (Wildman–Crippen MR) is 69.2 cm³/mol. The van der Waals surface area contributed by atoms with Crippen LogP contribution in [0.4, 0.5) is 5.82 Å². The number of benzene rings is 1. The molecule has 1 aromatic carbocycles. The molecule has 0 radical (unpaired) electrons. The molecule has 1 aromatic heterocycles. The number of nitrogens with zero attached hydrogens (tertiary/aromatic N) is 1. The van der Waals surface area contributed by atoms with Crippen molar-refractivity contribution >= 4 is 11.7 Å². The molecule has 1 N–H and O–H groups in total. The van der Waals surface area contributed by atoms with Gasteiger partial charge in [0.1, 0.15) is 5.75 Å². The second kappa shape index (κ2) is 4.61. The van der Waals surface area contributed by atoms with Crippen LogP contribution in [0.15, 0.2) is 42.6 Å². The number of methoxy groups -OCH3 is 1. The molecule has 0 fully saturated rings. The normalized spacial score (nSPS) is 17.1. The molecule has 2 aromatic rings. The minimum absolute atomic E-state index is 0.226. The molecule has 1 atom stereocenters. The zero-order valence-corrected chi connectivity index (χ0v) is 10.3. The van der Waals surface area contributed by atoms with Crippen LogP contribution in [0.25, 0.3) is 0 Å². The minimum Gasteiger partial charge on any atom is -0.497 e. The molecule has 5 nitrogen and oxygen atoms in total. The van der Waals surface area contributed by atoms with Crippen LogP contribution in [0.1, 0.15) is 11.7 Å². The number of nitrogens with one attached hydrogen (secondary N) is 1. The molecule has 0 aliphatic carbocycles. The Morgan fingerprint density at radius 1 is 1.26 bits per heavy atom. The number of amides is 1. The largest absolute Gasteiger partial charge is 0.497 e. The molecule has 1 aliphatic rings. The van der Waals surface area contributed by atoms with Gasteiger partial charge in [-0.2, -0.15) is 0 Å². The van der Waals surface area contributed by atoms with E-state index in [4.69, 9.17) is 9.47 Å². The second-order valence-corrected chi connectivity index (χ2v) is 4.11. The molecule has 0 saturated carbocycles. The van der Waals surface area contributed by atoms with Gasteiger partial charge in [-0.15, -0.1) is 0 Å². The van der Waals surface area contributed by atoms with Crippen molar-refractivity contribution < 1.29 is 14.3 Å². The number of pyridine rings is 1. The van der Waals surface area contributed by atoms with Crippen LogP contribution in [0, 0.1) is 0 Å². The van der Waals surface area contributed by atoms with Gasteiger partial charge in [0.2, 0.25) is 6.10 Å². The minimum atomic E-state index is -0.664. The summed E-state index contributed by atoms with van der Waals surface area (Å²) in [5, 5.41) is 2.73. The summed E-state index contributed by atoms with van der Waals surface area (Å²) < 4.78 is 10.8. The van der Waals surface area contributed by atoms with Crippen LogP contribution < -0.4 is 14.8 Å². The highest BCUT2D eigenvalue weighted by Crippen LogP contribution is 2.33. The van der Waals surface area contributed by atoms with Crippen molar-refractivity contribution in [2.45, 2.75) is 6.10 Å². The van der Waals surface area contributed by atoms with Crippen LogP contribution in [0.2, 0.25) is 0 Å². The summed E-state index contributed by atoms with van der Waals surface area (Å²) in [7, 11) is 1.60. The molecule has 3 rings (SSSR count). The zero-order valence-electron chi connectivity index (χ0n) is 10.3. The van der Waals surface area contributed by atoms with E-state index >= 15 is 0 Å². The number of carbonyl (C=O) groups is 1. The first-order chi connectivity index (χ1) is 9.28. The summed E-state index contributed by atoms with van der Waals surface area (Å²) in [5.41, 5.74) is 0.771. The van der Waals surface area contributed by atoms with E-state index in [0.29, 0.717) is 11.6 Å². The summed E-state index contributed by atoms with van der Waals surface area (Å²) in [4.78, 5) is 16.1. The molecule has 0 bridgehead atoms. The van der Waals surface area contributed by atoms with Gasteiger partial charge in [0.15, 0.2) is 11.6 Å². The van der Waals surface area contributed by atoms with Gasteiger partial charge >= 0.3 is 0 Å². The zero-order chi connectivity index (χ0) is 13.2. The lowest BCUT2D eigenvalue weighted by Gasteiger charge is -2.25. The molecule has 1 unspecified atom stereocenters. The van der Waals surface area contributed by atoms with E-state index in [1.54, 1.807) is 37.6 Å². The second-order valence-electron chi connectivity index (χ2n) is 4.11. The van der Waals surface area contributed by atoms with Crippen molar-refractivity contribution in [1.29, 1.82) is 0 Å². The highest BCUT2D eigenvalue weighted by atomic mass is 16.5. The number of hydrogen-bond donors (Lipinski definition) is 1. The number of anilines is 1.